The maximum Gasteiger partial charge on any atom is 0.224 e. The third kappa shape index (κ3) is 7.25. The Labute approximate surface area is 120 Å². The van der Waals surface area contributed by atoms with Crippen LogP contribution in [0.1, 0.15) is 44.6 Å². The molecule has 0 aliphatic carbocycles. The molecule has 1 amide bonds. The minimum atomic E-state index is -3.52. The number of sulfonamides is 1. The Hall–Kier alpha value is -1.40. The topological polar surface area (TPSA) is 89.3 Å². The molecule has 0 aliphatic heterocycles. The quantitative estimate of drug-likeness (QED) is 0.722. The van der Waals surface area contributed by atoms with Crippen LogP contribution in [-0.2, 0) is 20.6 Å². The lowest BCUT2D eigenvalue weighted by molar-refractivity contribution is -0.116. The van der Waals surface area contributed by atoms with Gasteiger partial charge in [-0.3, -0.25) is 4.79 Å². The standard InChI is InChI=1S/C14H22N2O3S/c1-2-3-4-5-6-14(17)16-13-9-7-12(8-10-13)11-20(15,18)19/h7-10H,2-6,11H2,1H3,(H,16,17)(H2,15,18,19). The summed E-state index contributed by atoms with van der Waals surface area (Å²) in [6, 6.07) is 6.67. The summed E-state index contributed by atoms with van der Waals surface area (Å²) in [5.74, 6) is -0.210. The second kappa shape index (κ2) is 8.01. The van der Waals surface area contributed by atoms with Crippen LogP contribution in [0.25, 0.3) is 0 Å². The van der Waals surface area contributed by atoms with Gasteiger partial charge in [0, 0.05) is 12.1 Å². The van der Waals surface area contributed by atoms with Crippen LogP contribution in [0.3, 0.4) is 0 Å². The first kappa shape index (κ1) is 16.7. The molecule has 3 N–H and O–H groups in total. The number of amides is 1. The molecule has 0 atom stereocenters. The predicted octanol–water partition coefficient (Wildman–Crippen LogP) is 2.38. The molecule has 1 rings (SSSR count). The van der Waals surface area contributed by atoms with Gasteiger partial charge in [-0.1, -0.05) is 38.3 Å². The number of carbonyl (C=O) groups excluding carboxylic acids is 1. The Morgan fingerprint density at radius 2 is 1.80 bits per heavy atom. The smallest absolute Gasteiger partial charge is 0.224 e. The molecule has 1 aromatic carbocycles. The normalized spacial score (nSPS) is 11.3. The number of primary sulfonamides is 1. The fraction of sp³-hybridized carbons (Fsp3) is 0.500. The molecule has 0 fully saturated rings. The SMILES string of the molecule is CCCCCCC(=O)Nc1ccc(CS(N)(=O)=O)cc1. The number of benzene rings is 1. The molecule has 0 saturated carbocycles. The summed E-state index contributed by atoms with van der Waals surface area (Å²) in [5, 5.41) is 7.76. The number of hydrogen-bond donors (Lipinski definition) is 2. The van der Waals surface area contributed by atoms with E-state index in [1.54, 1.807) is 24.3 Å². The van der Waals surface area contributed by atoms with Gasteiger partial charge in [-0.05, 0) is 24.1 Å². The first-order valence-electron chi connectivity index (χ1n) is 6.80. The average Bonchev–Trinajstić information content (AvgIpc) is 2.35. The van der Waals surface area contributed by atoms with Gasteiger partial charge in [0.15, 0.2) is 0 Å². The molecule has 0 radical (unpaired) electrons. The van der Waals surface area contributed by atoms with Gasteiger partial charge in [-0.25, -0.2) is 13.6 Å². The van der Waals surface area contributed by atoms with Crippen molar-refractivity contribution < 1.29 is 13.2 Å². The maximum absolute atomic E-state index is 11.7. The van der Waals surface area contributed by atoms with Gasteiger partial charge in [0.2, 0.25) is 15.9 Å². The fourth-order valence-electron chi connectivity index (χ4n) is 1.85. The van der Waals surface area contributed by atoms with Gasteiger partial charge in [0.05, 0.1) is 5.75 Å². The maximum atomic E-state index is 11.7. The van der Waals surface area contributed by atoms with E-state index in [-0.39, 0.29) is 11.7 Å². The highest BCUT2D eigenvalue weighted by molar-refractivity contribution is 7.88. The molecule has 6 heteroatoms. The van der Waals surface area contributed by atoms with Gasteiger partial charge in [0.25, 0.3) is 0 Å². The molecule has 1 aromatic rings. The second-order valence-electron chi connectivity index (χ2n) is 4.86. The molecule has 0 heterocycles. The summed E-state index contributed by atoms with van der Waals surface area (Å²) < 4.78 is 21.9. The average molecular weight is 298 g/mol. The van der Waals surface area contributed by atoms with Crippen molar-refractivity contribution >= 4 is 21.6 Å². The van der Waals surface area contributed by atoms with Gasteiger partial charge in [-0.2, -0.15) is 0 Å². The summed E-state index contributed by atoms with van der Waals surface area (Å²) in [6.07, 6.45) is 4.77. The van der Waals surface area contributed by atoms with E-state index in [1.807, 2.05) is 0 Å². The highest BCUT2D eigenvalue weighted by Crippen LogP contribution is 2.12. The molecule has 0 aliphatic rings. The van der Waals surface area contributed by atoms with Crippen molar-refractivity contribution in [3.63, 3.8) is 0 Å². The predicted molar refractivity (Wildman–Crippen MR) is 80.6 cm³/mol. The van der Waals surface area contributed by atoms with Gasteiger partial charge in [-0.15, -0.1) is 0 Å². The Kier molecular flexibility index (Phi) is 6.67. The molecule has 0 bridgehead atoms. The number of unbranched alkanes of at least 4 members (excludes halogenated alkanes) is 3. The van der Waals surface area contributed by atoms with Crippen molar-refractivity contribution in [2.45, 2.75) is 44.8 Å². The fourth-order valence-corrected chi connectivity index (χ4v) is 2.51. The molecular formula is C14H22N2O3S. The molecule has 0 unspecified atom stereocenters. The minimum absolute atomic E-state index is 0.0136. The Morgan fingerprint density at radius 3 is 2.35 bits per heavy atom. The van der Waals surface area contributed by atoms with Crippen molar-refractivity contribution in [1.29, 1.82) is 0 Å². The van der Waals surface area contributed by atoms with Crippen molar-refractivity contribution in [3.05, 3.63) is 29.8 Å². The van der Waals surface area contributed by atoms with Crippen molar-refractivity contribution in [3.8, 4) is 0 Å². The summed E-state index contributed by atoms with van der Waals surface area (Å²) >= 11 is 0. The number of anilines is 1. The third-order valence-corrected chi connectivity index (χ3v) is 3.60. The van der Waals surface area contributed by atoms with E-state index < -0.39 is 10.0 Å². The largest absolute Gasteiger partial charge is 0.326 e. The number of nitrogens with two attached hydrogens (primary N) is 1. The highest BCUT2D eigenvalue weighted by Gasteiger charge is 2.06. The monoisotopic (exact) mass is 298 g/mol. The van der Waals surface area contributed by atoms with Gasteiger partial charge >= 0.3 is 0 Å². The van der Waals surface area contributed by atoms with E-state index >= 15 is 0 Å². The zero-order valence-electron chi connectivity index (χ0n) is 11.8. The van der Waals surface area contributed by atoms with Crippen LogP contribution in [0.5, 0.6) is 0 Å². The number of carbonyl (C=O) groups is 1. The van der Waals surface area contributed by atoms with Gasteiger partial charge in [0.1, 0.15) is 0 Å². The zero-order chi connectivity index (χ0) is 15.0. The number of hydrogen-bond acceptors (Lipinski definition) is 3. The van der Waals surface area contributed by atoms with E-state index in [1.165, 1.54) is 0 Å². The van der Waals surface area contributed by atoms with E-state index in [4.69, 9.17) is 5.14 Å². The number of nitrogens with one attached hydrogen (secondary N) is 1. The first-order valence-corrected chi connectivity index (χ1v) is 8.51. The molecule has 0 saturated heterocycles. The van der Waals surface area contributed by atoms with Crippen molar-refractivity contribution in [1.82, 2.24) is 0 Å². The minimum Gasteiger partial charge on any atom is -0.326 e. The Bertz CT molecular complexity index is 524. The molecule has 0 aromatic heterocycles. The van der Waals surface area contributed by atoms with E-state index in [0.717, 1.165) is 25.7 Å². The van der Waals surface area contributed by atoms with Crippen LogP contribution in [0.4, 0.5) is 5.69 Å². The van der Waals surface area contributed by atoms with Crippen LogP contribution in [0.2, 0.25) is 0 Å². The second-order valence-corrected chi connectivity index (χ2v) is 6.48. The molecule has 20 heavy (non-hydrogen) atoms. The Balaban J connectivity index is 2.43. The Morgan fingerprint density at radius 1 is 1.15 bits per heavy atom. The van der Waals surface area contributed by atoms with Crippen LogP contribution in [-0.4, -0.2) is 14.3 Å². The lowest BCUT2D eigenvalue weighted by Gasteiger charge is -2.06. The summed E-state index contributed by atoms with van der Waals surface area (Å²) in [7, 11) is -3.52. The van der Waals surface area contributed by atoms with Gasteiger partial charge < -0.3 is 5.32 Å². The highest BCUT2D eigenvalue weighted by atomic mass is 32.2. The molecule has 0 spiro atoms. The molecule has 112 valence electrons. The third-order valence-electron chi connectivity index (χ3n) is 2.86. The summed E-state index contributed by atoms with van der Waals surface area (Å²) in [4.78, 5) is 11.7. The van der Waals surface area contributed by atoms with Crippen molar-refractivity contribution in [2.75, 3.05) is 5.32 Å². The first-order chi connectivity index (χ1) is 9.40. The zero-order valence-corrected chi connectivity index (χ0v) is 12.6. The van der Waals surface area contributed by atoms with Crippen LogP contribution >= 0.6 is 0 Å². The molecular weight excluding hydrogens is 276 g/mol. The van der Waals surface area contributed by atoms with Crippen molar-refractivity contribution in [2.24, 2.45) is 5.14 Å². The summed E-state index contributed by atoms with van der Waals surface area (Å²) in [5.41, 5.74) is 1.28. The summed E-state index contributed by atoms with van der Waals surface area (Å²) in [6.45, 7) is 2.13. The van der Waals surface area contributed by atoms with E-state index in [0.29, 0.717) is 17.7 Å². The van der Waals surface area contributed by atoms with E-state index in [9.17, 15) is 13.2 Å². The lowest BCUT2D eigenvalue weighted by atomic mass is 10.1. The van der Waals surface area contributed by atoms with Crippen LogP contribution in [0.15, 0.2) is 24.3 Å². The number of rotatable bonds is 8. The van der Waals surface area contributed by atoms with E-state index in [2.05, 4.69) is 12.2 Å². The molecule has 5 nitrogen and oxygen atoms in total. The van der Waals surface area contributed by atoms with Crippen LogP contribution < -0.4 is 10.5 Å². The van der Waals surface area contributed by atoms with Crippen LogP contribution in [0, 0.1) is 0 Å². The lowest BCUT2D eigenvalue weighted by Crippen LogP contribution is -2.14.